The number of rotatable bonds is 2. The molecule has 1 amide bonds. The third-order valence-corrected chi connectivity index (χ3v) is 3.18. The van der Waals surface area contributed by atoms with Gasteiger partial charge in [0.1, 0.15) is 6.04 Å². The SMILES string of the molecule is Cc1ccccc1[C@H]1C(=O)NCCN1CC(F)(F)F. The normalized spacial score (nSPS) is 21.3. The number of carbonyl (C=O) groups excluding carboxylic acids is 1. The summed E-state index contributed by atoms with van der Waals surface area (Å²) < 4.78 is 37.8. The van der Waals surface area contributed by atoms with Gasteiger partial charge >= 0.3 is 6.18 Å². The Kier molecular flexibility index (Phi) is 3.80. The Morgan fingerprint density at radius 1 is 1.37 bits per heavy atom. The molecule has 0 unspecified atom stereocenters. The Labute approximate surface area is 109 Å². The van der Waals surface area contributed by atoms with Crippen LogP contribution in [0.2, 0.25) is 0 Å². The van der Waals surface area contributed by atoms with Crippen molar-refractivity contribution in [3.8, 4) is 0 Å². The van der Waals surface area contributed by atoms with Crippen molar-refractivity contribution in [3.63, 3.8) is 0 Å². The van der Waals surface area contributed by atoms with Gasteiger partial charge in [0.05, 0.1) is 6.54 Å². The second-order valence-electron chi connectivity index (χ2n) is 4.64. The number of piperazine rings is 1. The van der Waals surface area contributed by atoms with Crippen LogP contribution in [0.3, 0.4) is 0 Å². The minimum absolute atomic E-state index is 0.199. The number of hydrogen-bond donors (Lipinski definition) is 1. The maximum absolute atomic E-state index is 12.6. The fraction of sp³-hybridized carbons (Fsp3) is 0.462. The molecule has 0 aliphatic carbocycles. The van der Waals surface area contributed by atoms with Gasteiger partial charge in [-0.3, -0.25) is 9.69 Å². The van der Waals surface area contributed by atoms with E-state index in [0.717, 1.165) is 5.56 Å². The molecule has 19 heavy (non-hydrogen) atoms. The van der Waals surface area contributed by atoms with Crippen molar-refractivity contribution < 1.29 is 18.0 Å². The number of halogens is 3. The van der Waals surface area contributed by atoms with E-state index in [1.807, 2.05) is 0 Å². The van der Waals surface area contributed by atoms with Crippen LogP contribution in [-0.2, 0) is 4.79 Å². The Bertz CT molecular complexity index is 473. The first-order valence-electron chi connectivity index (χ1n) is 6.02. The van der Waals surface area contributed by atoms with Crippen LogP contribution in [-0.4, -0.2) is 36.6 Å². The van der Waals surface area contributed by atoms with Crippen LogP contribution in [0.1, 0.15) is 17.2 Å². The highest BCUT2D eigenvalue weighted by molar-refractivity contribution is 5.84. The van der Waals surface area contributed by atoms with E-state index >= 15 is 0 Å². The molecule has 1 heterocycles. The van der Waals surface area contributed by atoms with Gasteiger partial charge < -0.3 is 5.32 Å². The summed E-state index contributed by atoms with van der Waals surface area (Å²) in [5.41, 5.74) is 1.45. The van der Waals surface area contributed by atoms with Crippen LogP contribution in [0.4, 0.5) is 13.2 Å². The molecular formula is C13H15F3N2O. The van der Waals surface area contributed by atoms with Crippen LogP contribution in [0.15, 0.2) is 24.3 Å². The summed E-state index contributed by atoms with van der Waals surface area (Å²) in [4.78, 5) is 13.1. The van der Waals surface area contributed by atoms with Crippen LogP contribution in [0.5, 0.6) is 0 Å². The average Bonchev–Trinajstić information content (AvgIpc) is 2.29. The zero-order valence-electron chi connectivity index (χ0n) is 10.5. The van der Waals surface area contributed by atoms with Crippen molar-refractivity contribution in [2.75, 3.05) is 19.6 Å². The molecule has 1 aromatic carbocycles. The summed E-state index contributed by atoms with van der Waals surface area (Å²) in [6, 6.07) is 6.16. The van der Waals surface area contributed by atoms with Crippen molar-refractivity contribution >= 4 is 5.91 Å². The molecule has 3 nitrogen and oxygen atoms in total. The molecule has 0 spiro atoms. The van der Waals surface area contributed by atoms with E-state index in [0.29, 0.717) is 5.56 Å². The number of amides is 1. The van der Waals surface area contributed by atoms with Gasteiger partial charge in [-0.15, -0.1) is 0 Å². The third kappa shape index (κ3) is 3.26. The predicted molar refractivity (Wildman–Crippen MR) is 64.6 cm³/mol. The van der Waals surface area contributed by atoms with E-state index in [1.165, 1.54) is 4.90 Å². The Morgan fingerprint density at radius 2 is 2.05 bits per heavy atom. The first kappa shape index (κ1) is 13.9. The minimum Gasteiger partial charge on any atom is -0.353 e. The quantitative estimate of drug-likeness (QED) is 0.893. The number of carbonyl (C=O) groups is 1. The fourth-order valence-electron chi connectivity index (χ4n) is 2.35. The minimum atomic E-state index is -4.31. The van der Waals surface area contributed by atoms with Gasteiger partial charge in [-0.2, -0.15) is 13.2 Å². The lowest BCUT2D eigenvalue weighted by atomic mass is 9.98. The maximum atomic E-state index is 12.6. The van der Waals surface area contributed by atoms with E-state index in [9.17, 15) is 18.0 Å². The van der Waals surface area contributed by atoms with Crippen molar-refractivity contribution in [3.05, 3.63) is 35.4 Å². The van der Waals surface area contributed by atoms with E-state index in [-0.39, 0.29) is 19.0 Å². The number of nitrogens with one attached hydrogen (secondary N) is 1. The number of alkyl halides is 3. The molecule has 0 saturated carbocycles. The lowest BCUT2D eigenvalue weighted by molar-refractivity contribution is -0.158. The standard InChI is InChI=1S/C13H15F3N2O/c1-9-4-2-3-5-10(9)11-12(19)17-6-7-18(11)8-13(14,15)16/h2-5,11H,6-8H2,1H3,(H,17,19)/t11-/m0/s1. The molecular weight excluding hydrogens is 257 g/mol. The summed E-state index contributed by atoms with van der Waals surface area (Å²) in [7, 11) is 0. The Morgan fingerprint density at radius 3 is 2.68 bits per heavy atom. The van der Waals surface area contributed by atoms with Crippen LogP contribution in [0.25, 0.3) is 0 Å². The monoisotopic (exact) mass is 272 g/mol. The summed E-state index contributed by atoms with van der Waals surface area (Å²) in [5.74, 6) is -0.371. The smallest absolute Gasteiger partial charge is 0.353 e. The highest BCUT2D eigenvalue weighted by Gasteiger charge is 2.39. The van der Waals surface area contributed by atoms with Gasteiger partial charge in [0, 0.05) is 13.1 Å². The molecule has 6 heteroatoms. The van der Waals surface area contributed by atoms with E-state index in [1.54, 1.807) is 31.2 Å². The maximum Gasteiger partial charge on any atom is 0.401 e. The molecule has 1 aliphatic rings. The fourth-order valence-corrected chi connectivity index (χ4v) is 2.35. The highest BCUT2D eigenvalue weighted by Crippen LogP contribution is 2.29. The summed E-state index contributed by atoms with van der Waals surface area (Å²) in [5, 5.41) is 2.63. The third-order valence-electron chi connectivity index (χ3n) is 3.18. The van der Waals surface area contributed by atoms with E-state index < -0.39 is 18.8 Å². The van der Waals surface area contributed by atoms with Crippen molar-refractivity contribution in [2.45, 2.75) is 19.1 Å². The zero-order chi connectivity index (χ0) is 14.0. The predicted octanol–water partition coefficient (Wildman–Crippen LogP) is 2.03. The van der Waals surface area contributed by atoms with Gasteiger partial charge in [0.25, 0.3) is 0 Å². The van der Waals surface area contributed by atoms with Gasteiger partial charge in [-0.25, -0.2) is 0 Å². The van der Waals surface area contributed by atoms with Crippen molar-refractivity contribution in [1.29, 1.82) is 0 Å². The molecule has 1 saturated heterocycles. The number of nitrogens with zero attached hydrogens (tertiary/aromatic N) is 1. The zero-order valence-corrected chi connectivity index (χ0v) is 10.5. The van der Waals surface area contributed by atoms with Crippen LogP contribution >= 0.6 is 0 Å². The van der Waals surface area contributed by atoms with Crippen molar-refractivity contribution in [1.82, 2.24) is 10.2 Å². The van der Waals surface area contributed by atoms with Crippen molar-refractivity contribution in [2.24, 2.45) is 0 Å². The van der Waals surface area contributed by atoms with Gasteiger partial charge in [-0.1, -0.05) is 24.3 Å². The lowest BCUT2D eigenvalue weighted by Crippen LogP contribution is -2.52. The van der Waals surface area contributed by atoms with Crippen LogP contribution < -0.4 is 5.32 Å². The number of aryl methyl sites for hydroxylation is 1. The molecule has 0 radical (unpaired) electrons. The van der Waals surface area contributed by atoms with E-state index in [2.05, 4.69) is 5.32 Å². The van der Waals surface area contributed by atoms with Gasteiger partial charge in [0.15, 0.2) is 0 Å². The second kappa shape index (κ2) is 5.21. The molecule has 0 bridgehead atoms. The summed E-state index contributed by atoms with van der Waals surface area (Å²) in [6.45, 7) is 1.17. The first-order chi connectivity index (χ1) is 8.88. The highest BCUT2D eigenvalue weighted by atomic mass is 19.4. The second-order valence-corrected chi connectivity index (χ2v) is 4.64. The molecule has 0 aromatic heterocycles. The Balaban J connectivity index is 2.32. The summed E-state index contributed by atoms with van der Waals surface area (Å²) >= 11 is 0. The number of benzene rings is 1. The molecule has 104 valence electrons. The molecule has 1 fully saturated rings. The topological polar surface area (TPSA) is 32.3 Å². The molecule has 1 aliphatic heterocycles. The first-order valence-corrected chi connectivity index (χ1v) is 6.02. The van der Waals surface area contributed by atoms with Gasteiger partial charge in [-0.05, 0) is 18.1 Å². The van der Waals surface area contributed by atoms with Gasteiger partial charge in [0.2, 0.25) is 5.91 Å². The molecule has 1 N–H and O–H groups in total. The Hall–Kier alpha value is -1.56. The lowest BCUT2D eigenvalue weighted by Gasteiger charge is -2.36. The largest absolute Gasteiger partial charge is 0.401 e. The molecule has 1 atom stereocenters. The average molecular weight is 272 g/mol. The molecule has 1 aromatic rings. The summed E-state index contributed by atoms with van der Waals surface area (Å²) in [6.07, 6.45) is -4.31. The molecule has 2 rings (SSSR count). The van der Waals surface area contributed by atoms with E-state index in [4.69, 9.17) is 0 Å². The number of hydrogen-bond acceptors (Lipinski definition) is 2. The van der Waals surface area contributed by atoms with Crippen LogP contribution in [0, 0.1) is 6.92 Å².